The van der Waals surface area contributed by atoms with E-state index in [-0.39, 0.29) is 12.1 Å². The van der Waals surface area contributed by atoms with Gasteiger partial charge in [-0.25, -0.2) is 0 Å². The Kier molecular flexibility index (Phi) is 7.04. The lowest BCUT2D eigenvalue weighted by atomic mass is 10.0. The Hall–Kier alpha value is -0.330. The molecule has 0 amide bonds. The van der Waals surface area contributed by atoms with E-state index in [9.17, 15) is 13.2 Å². The van der Waals surface area contributed by atoms with Gasteiger partial charge in [-0.2, -0.15) is 13.2 Å². The van der Waals surface area contributed by atoms with Crippen LogP contribution in [0.5, 0.6) is 0 Å². The molecule has 0 unspecified atom stereocenters. The van der Waals surface area contributed by atoms with Crippen LogP contribution in [-0.2, 0) is 4.74 Å². The monoisotopic (exact) mass is 256 g/mol. The van der Waals surface area contributed by atoms with Crippen molar-refractivity contribution >= 4 is 0 Å². The van der Waals surface area contributed by atoms with E-state index in [0.717, 1.165) is 6.54 Å². The second kappa shape index (κ2) is 7.18. The molecule has 1 N–H and O–H groups in total. The van der Waals surface area contributed by atoms with Gasteiger partial charge in [-0.15, -0.1) is 0 Å². The third-order valence-electron chi connectivity index (χ3n) is 2.68. The number of hydrogen-bond donors (Lipinski definition) is 1. The van der Waals surface area contributed by atoms with Crippen molar-refractivity contribution in [3.05, 3.63) is 0 Å². The summed E-state index contributed by atoms with van der Waals surface area (Å²) in [7, 11) is 3.99. The minimum Gasteiger partial charge on any atom is -0.372 e. The van der Waals surface area contributed by atoms with E-state index in [1.807, 2.05) is 14.1 Å². The molecule has 6 heteroatoms. The first-order chi connectivity index (χ1) is 7.65. The van der Waals surface area contributed by atoms with Gasteiger partial charge in [-0.05, 0) is 40.9 Å². The zero-order valence-electron chi connectivity index (χ0n) is 11.0. The van der Waals surface area contributed by atoms with Gasteiger partial charge >= 0.3 is 6.18 Å². The Morgan fingerprint density at radius 2 is 1.76 bits per heavy atom. The summed E-state index contributed by atoms with van der Waals surface area (Å²) in [6.45, 7) is 4.62. The number of nitrogens with zero attached hydrogens (tertiary/aromatic N) is 1. The maximum absolute atomic E-state index is 11.7. The molecule has 0 aromatic heterocycles. The zero-order valence-corrected chi connectivity index (χ0v) is 11.0. The Balaban J connectivity index is 3.42. The molecule has 0 aromatic rings. The molecule has 0 fully saturated rings. The number of alkyl halides is 3. The summed E-state index contributed by atoms with van der Waals surface area (Å²) in [5.41, 5.74) is 0.0346. The van der Waals surface area contributed by atoms with Crippen LogP contribution in [0.25, 0.3) is 0 Å². The molecule has 17 heavy (non-hydrogen) atoms. The second-order valence-corrected chi connectivity index (χ2v) is 4.90. The van der Waals surface area contributed by atoms with Crippen molar-refractivity contribution < 1.29 is 17.9 Å². The molecule has 0 aliphatic carbocycles. The van der Waals surface area contributed by atoms with Crippen molar-refractivity contribution in [3.63, 3.8) is 0 Å². The zero-order chi connectivity index (χ0) is 13.5. The van der Waals surface area contributed by atoms with Crippen molar-refractivity contribution in [3.8, 4) is 0 Å². The van der Waals surface area contributed by atoms with Gasteiger partial charge in [0, 0.05) is 18.7 Å². The summed E-state index contributed by atoms with van der Waals surface area (Å²) in [4.78, 5) is 2.10. The molecule has 104 valence electrons. The van der Waals surface area contributed by atoms with Gasteiger partial charge in [0.1, 0.15) is 6.61 Å². The van der Waals surface area contributed by atoms with Crippen LogP contribution in [-0.4, -0.2) is 57.0 Å². The molecule has 0 radical (unpaired) electrons. The van der Waals surface area contributed by atoms with Crippen LogP contribution in [0.2, 0.25) is 0 Å². The van der Waals surface area contributed by atoms with E-state index in [1.54, 1.807) is 0 Å². The summed E-state index contributed by atoms with van der Waals surface area (Å²) in [6, 6.07) is 0. The number of halogens is 3. The van der Waals surface area contributed by atoms with Crippen LogP contribution in [0, 0.1) is 0 Å². The average Bonchev–Trinajstić information content (AvgIpc) is 2.14. The number of nitrogens with one attached hydrogen (secondary N) is 1. The first kappa shape index (κ1) is 16.7. The Morgan fingerprint density at radius 1 is 1.18 bits per heavy atom. The molecule has 0 heterocycles. The standard InChI is InChI=1S/C11H23F3N2O/c1-10(2,16(3)4)8-15-6-5-7-17-9-11(12,13)14/h15H,5-9H2,1-4H3. The topological polar surface area (TPSA) is 24.5 Å². The van der Waals surface area contributed by atoms with Crippen molar-refractivity contribution in [2.24, 2.45) is 0 Å². The highest BCUT2D eigenvalue weighted by Gasteiger charge is 2.27. The highest BCUT2D eigenvalue weighted by Crippen LogP contribution is 2.14. The van der Waals surface area contributed by atoms with Crippen LogP contribution in [0.3, 0.4) is 0 Å². The van der Waals surface area contributed by atoms with Gasteiger partial charge in [-0.1, -0.05) is 0 Å². The van der Waals surface area contributed by atoms with E-state index in [2.05, 4.69) is 28.8 Å². The van der Waals surface area contributed by atoms with Gasteiger partial charge in [0.25, 0.3) is 0 Å². The molecule has 0 saturated carbocycles. The molecular formula is C11H23F3N2O. The molecule has 0 spiro atoms. The van der Waals surface area contributed by atoms with Crippen molar-refractivity contribution in [1.82, 2.24) is 10.2 Å². The molecule has 0 aromatic carbocycles. The van der Waals surface area contributed by atoms with Crippen LogP contribution < -0.4 is 5.32 Å². The fourth-order valence-electron chi connectivity index (χ4n) is 1.04. The van der Waals surface area contributed by atoms with Gasteiger partial charge in [0.05, 0.1) is 0 Å². The van der Waals surface area contributed by atoms with E-state index < -0.39 is 12.8 Å². The summed E-state index contributed by atoms with van der Waals surface area (Å²) >= 11 is 0. The minimum atomic E-state index is -4.22. The van der Waals surface area contributed by atoms with Crippen molar-refractivity contribution in [2.75, 3.05) is 40.4 Å². The molecule has 0 rings (SSSR count). The van der Waals surface area contributed by atoms with E-state index in [1.165, 1.54) is 0 Å². The Morgan fingerprint density at radius 3 is 2.24 bits per heavy atom. The first-order valence-electron chi connectivity index (χ1n) is 5.68. The summed E-state index contributed by atoms with van der Waals surface area (Å²) in [5.74, 6) is 0. The summed E-state index contributed by atoms with van der Waals surface area (Å²) in [6.07, 6.45) is -3.64. The summed E-state index contributed by atoms with van der Waals surface area (Å²) in [5, 5.41) is 3.20. The Labute approximate surface area is 101 Å². The van der Waals surface area contributed by atoms with Gasteiger partial charge in [-0.3, -0.25) is 0 Å². The number of ether oxygens (including phenoxy) is 1. The predicted octanol–water partition coefficient (Wildman–Crippen LogP) is 1.89. The minimum absolute atomic E-state index is 0.0346. The molecule has 0 atom stereocenters. The predicted molar refractivity (Wildman–Crippen MR) is 62.1 cm³/mol. The lowest BCUT2D eigenvalue weighted by Gasteiger charge is -2.32. The maximum atomic E-state index is 11.7. The number of hydrogen-bond acceptors (Lipinski definition) is 3. The van der Waals surface area contributed by atoms with Crippen molar-refractivity contribution in [2.45, 2.75) is 32.0 Å². The lowest BCUT2D eigenvalue weighted by molar-refractivity contribution is -0.173. The normalized spacial score (nSPS) is 13.4. The van der Waals surface area contributed by atoms with Gasteiger partial charge in [0.15, 0.2) is 0 Å². The lowest BCUT2D eigenvalue weighted by Crippen LogP contribution is -2.46. The van der Waals surface area contributed by atoms with Crippen LogP contribution in [0.4, 0.5) is 13.2 Å². The third kappa shape index (κ3) is 9.38. The highest BCUT2D eigenvalue weighted by atomic mass is 19.4. The number of rotatable bonds is 8. The average molecular weight is 256 g/mol. The highest BCUT2D eigenvalue weighted by molar-refractivity contribution is 4.79. The third-order valence-corrected chi connectivity index (χ3v) is 2.68. The molecule has 3 nitrogen and oxygen atoms in total. The van der Waals surface area contributed by atoms with Crippen LogP contribution in [0.15, 0.2) is 0 Å². The van der Waals surface area contributed by atoms with Crippen molar-refractivity contribution in [1.29, 1.82) is 0 Å². The summed E-state index contributed by atoms with van der Waals surface area (Å²) < 4.78 is 39.7. The quantitative estimate of drug-likeness (QED) is 0.671. The second-order valence-electron chi connectivity index (χ2n) is 4.90. The van der Waals surface area contributed by atoms with Gasteiger partial charge in [0.2, 0.25) is 0 Å². The molecule has 0 saturated heterocycles. The molecule has 0 aliphatic heterocycles. The van der Waals surface area contributed by atoms with Crippen LogP contribution in [0.1, 0.15) is 20.3 Å². The number of likely N-dealkylation sites (N-methyl/N-ethyl adjacent to an activating group) is 1. The molecule has 0 bridgehead atoms. The van der Waals surface area contributed by atoms with Gasteiger partial charge < -0.3 is 15.0 Å². The molecule has 0 aliphatic rings. The Bertz CT molecular complexity index is 205. The van der Waals surface area contributed by atoms with Crippen LogP contribution >= 0.6 is 0 Å². The SMILES string of the molecule is CN(C)C(C)(C)CNCCCOCC(F)(F)F. The fraction of sp³-hybridized carbons (Fsp3) is 1.00. The smallest absolute Gasteiger partial charge is 0.372 e. The fourth-order valence-corrected chi connectivity index (χ4v) is 1.04. The van der Waals surface area contributed by atoms with E-state index >= 15 is 0 Å². The maximum Gasteiger partial charge on any atom is 0.411 e. The largest absolute Gasteiger partial charge is 0.411 e. The van der Waals surface area contributed by atoms with E-state index in [0.29, 0.717) is 13.0 Å². The van der Waals surface area contributed by atoms with E-state index in [4.69, 9.17) is 0 Å². The first-order valence-corrected chi connectivity index (χ1v) is 5.68. The molecular weight excluding hydrogens is 233 g/mol.